The van der Waals surface area contributed by atoms with E-state index in [4.69, 9.17) is 0 Å². The lowest BCUT2D eigenvalue weighted by atomic mass is 9.67. The van der Waals surface area contributed by atoms with E-state index in [1.54, 1.807) is 0 Å². The maximum Gasteiger partial charge on any atom is 0.139 e. The third-order valence-corrected chi connectivity index (χ3v) is 3.83. The molecule has 0 heterocycles. The zero-order valence-electron chi connectivity index (χ0n) is 11.0. The van der Waals surface area contributed by atoms with Gasteiger partial charge in [0.1, 0.15) is 5.78 Å². The van der Waals surface area contributed by atoms with Gasteiger partial charge in [0.2, 0.25) is 0 Å². The first-order valence-corrected chi connectivity index (χ1v) is 6.78. The Labute approximate surface area is 99.4 Å². The molecule has 3 atom stereocenters. The Morgan fingerprint density at radius 2 is 2.06 bits per heavy atom. The molecule has 1 N–H and O–H groups in total. The number of Topliss-reactive ketones (excluding diaryl/α,β-unsaturated/α-hetero) is 1. The zero-order chi connectivity index (χ0) is 12.2. The van der Waals surface area contributed by atoms with Gasteiger partial charge in [-0.05, 0) is 25.2 Å². The number of carbonyl (C=O) groups is 1. The summed E-state index contributed by atoms with van der Waals surface area (Å²) in [6.07, 6.45) is 6.22. The molecule has 1 aliphatic carbocycles. The Kier molecular flexibility index (Phi) is 4.97. The molecule has 0 aromatic rings. The van der Waals surface area contributed by atoms with Gasteiger partial charge in [-0.1, -0.05) is 40.0 Å². The van der Waals surface area contributed by atoms with Crippen LogP contribution in [0.2, 0.25) is 0 Å². The van der Waals surface area contributed by atoms with Crippen LogP contribution in [0.4, 0.5) is 0 Å². The third-order valence-electron chi connectivity index (χ3n) is 3.83. The van der Waals surface area contributed by atoms with Gasteiger partial charge in [-0.3, -0.25) is 4.79 Å². The molecule has 94 valence electrons. The van der Waals surface area contributed by atoms with Gasteiger partial charge >= 0.3 is 0 Å². The first kappa shape index (κ1) is 13.7. The second-order valence-electron chi connectivity index (χ2n) is 5.53. The summed E-state index contributed by atoms with van der Waals surface area (Å²) in [4.78, 5) is 12.0. The van der Waals surface area contributed by atoms with Crippen molar-refractivity contribution in [3.05, 3.63) is 0 Å². The molecule has 0 radical (unpaired) electrons. The van der Waals surface area contributed by atoms with Crippen molar-refractivity contribution in [1.29, 1.82) is 0 Å². The Morgan fingerprint density at radius 3 is 2.62 bits per heavy atom. The average molecular weight is 226 g/mol. The fourth-order valence-electron chi connectivity index (χ4n) is 3.08. The van der Waals surface area contributed by atoms with Gasteiger partial charge < -0.3 is 5.11 Å². The van der Waals surface area contributed by atoms with E-state index in [-0.39, 0.29) is 5.92 Å². The number of hydrogen-bond acceptors (Lipinski definition) is 2. The van der Waals surface area contributed by atoms with Crippen LogP contribution in [-0.2, 0) is 4.79 Å². The van der Waals surface area contributed by atoms with Crippen LogP contribution in [0.1, 0.15) is 65.7 Å². The highest BCUT2D eigenvalue weighted by atomic mass is 16.3. The van der Waals surface area contributed by atoms with Crippen molar-refractivity contribution >= 4 is 5.78 Å². The Hall–Kier alpha value is -0.370. The molecule has 1 rings (SSSR count). The molecule has 0 bridgehead atoms. The number of ketones is 1. The lowest BCUT2D eigenvalue weighted by Gasteiger charge is -2.41. The molecule has 0 aromatic carbocycles. The van der Waals surface area contributed by atoms with Gasteiger partial charge in [0.25, 0.3) is 0 Å². The largest absolute Gasteiger partial charge is 0.389 e. The third kappa shape index (κ3) is 3.07. The predicted molar refractivity (Wildman–Crippen MR) is 66.3 cm³/mol. The Bertz CT molecular complexity index is 237. The van der Waals surface area contributed by atoms with Gasteiger partial charge in [0.15, 0.2) is 0 Å². The lowest BCUT2D eigenvalue weighted by molar-refractivity contribution is -0.143. The summed E-state index contributed by atoms with van der Waals surface area (Å²) in [5, 5.41) is 10.7. The molecular formula is C14H26O2. The smallest absolute Gasteiger partial charge is 0.139 e. The van der Waals surface area contributed by atoms with Crippen molar-refractivity contribution in [2.24, 2.45) is 11.8 Å². The van der Waals surface area contributed by atoms with E-state index < -0.39 is 5.60 Å². The van der Waals surface area contributed by atoms with Crippen LogP contribution in [0.3, 0.4) is 0 Å². The normalized spacial score (nSPS) is 35.4. The Morgan fingerprint density at radius 1 is 1.38 bits per heavy atom. The minimum Gasteiger partial charge on any atom is -0.389 e. The van der Waals surface area contributed by atoms with Crippen LogP contribution in [0.25, 0.3) is 0 Å². The molecule has 1 fully saturated rings. The maximum atomic E-state index is 12.0. The summed E-state index contributed by atoms with van der Waals surface area (Å²) in [6.45, 7) is 6.30. The predicted octanol–water partition coefficient (Wildman–Crippen LogP) is 3.32. The van der Waals surface area contributed by atoms with Crippen LogP contribution >= 0.6 is 0 Å². The second kappa shape index (κ2) is 5.81. The summed E-state index contributed by atoms with van der Waals surface area (Å²) in [5.41, 5.74) is -0.708. The van der Waals surface area contributed by atoms with Gasteiger partial charge in [0.05, 0.1) is 5.60 Å². The van der Waals surface area contributed by atoms with Crippen molar-refractivity contribution < 1.29 is 9.90 Å². The van der Waals surface area contributed by atoms with Crippen LogP contribution in [0, 0.1) is 11.8 Å². The van der Waals surface area contributed by atoms with Crippen LogP contribution in [-0.4, -0.2) is 16.5 Å². The summed E-state index contributed by atoms with van der Waals surface area (Å²) in [6, 6.07) is 0. The second-order valence-corrected chi connectivity index (χ2v) is 5.53. The first-order valence-electron chi connectivity index (χ1n) is 6.78. The number of unbranched alkanes of at least 4 members (excludes halogenated alkanes) is 1. The van der Waals surface area contributed by atoms with E-state index >= 15 is 0 Å². The fraction of sp³-hybridized carbons (Fsp3) is 0.929. The molecule has 0 spiro atoms. The minimum absolute atomic E-state index is 0.0970. The first-order chi connectivity index (χ1) is 7.53. The Balaban J connectivity index is 2.76. The van der Waals surface area contributed by atoms with Crippen molar-refractivity contribution in [3.63, 3.8) is 0 Å². The number of carbonyl (C=O) groups excluding carboxylic acids is 1. The highest BCUT2D eigenvalue weighted by molar-refractivity contribution is 5.83. The van der Waals surface area contributed by atoms with E-state index in [2.05, 4.69) is 20.8 Å². The molecule has 16 heavy (non-hydrogen) atoms. The summed E-state index contributed by atoms with van der Waals surface area (Å²) < 4.78 is 0. The molecule has 1 aliphatic rings. The summed E-state index contributed by atoms with van der Waals surface area (Å²) in [7, 11) is 0. The summed E-state index contributed by atoms with van der Waals surface area (Å²) >= 11 is 0. The lowest BCUT2D eigenvalue weighted by Crippen LogP contribution is -2.48. The van der Waals surface area contributed by atoms with Crippen LogP contribution in [0.5, 0.6) is 0 Å². The molecule has 1 saturated carbocycles. The van der Waals surface area contributed by atoms with E-state index in [0.29, 0.717) is 18.1 Å². The van der Waals surface area contributed by atoms with E-state index in [9.17, 15) is 9.90 Å². The molecule has 0 aromatic heterocycles. The standard InChI is InChI=1S/C14H26O2/c1-4-6-8-14(16)10-11(3)9-13(15)12(14)7-5-2/h11-12,16H,4-10H2,1-3H3/t11-,12+,14?/m1/s1. The highest BCUT2D eigenvalue weighted by Crippen LogP contribution is 2.40. The molecular weight excluding hydrogens is 200 g/mol. The molecule has 1 unspecified atom stereocenters. The van der Waals surface area contributed by atoms with Crippen molar-refractivity contribution in [2.75, 3.05) is 0 Å². The SMILES string of the molecule is CCCCC1(O)C[C@H](C)CC(=O)[C@@H]1CCC. The monoisotopic (exact) mass is 226 g/mol. The number of rotatable bonds is 5. The van der Waals surface area contributed by atoms with Gasteiger partial charge in [-0.2, -0.15) is 0 Å². The number of aliphatic hydroxyl groups is 1. The average Bonchev–Trinajstić information content (AvgIpc) is 2.21. The molecule has 0 saturated heterocycles. The molecule has 0 amide bonds. The quantitative estimate of drug-likeness (QED) is 0.780. The van der Waals surface area contributed by atoms with E-state index in [1.807, 2.05) is 0 Å². The van der Waals surface area contributed by atoms with E-state index in [0.717, 1.165) is 38.5 Å². The summed E-state index contributed by atoms with van der Waals surface area (Å²) in [5.74, 6) is 0.543. The topological polar surface area (TPSA) is 37.3 Å². The maximum absolute atomic E-state index is 12.0. The van der Waals surface area contributed by atoms with Gasteiger partial charge in [0, 0.05) is 12.3 Å². The van der Waals surface area contributed by atoms with Crippen molar-refractivity contribution in [3.8, 4) is 0 Å². The van der Waals surface area contributed by atoms with Gasteiger partial charge in [-0.15, -0.1) is 0 Å². The molecule has 2 nitrogen and oxygen atoms in total. The van der Waals surface area contributed by atoms with Crippen LogP contribution in [0.15, 0.2) is 0 Å². The minimum atomic E-state index is -0.708. The van der Waals surface area contributed by atoms with Crippen LogP contribution < -0.4 is 0 Å². The highest BCUT2D eigenvalue weighted by Gasteiger charge is 2.44. The fourth-order valence-corrected chi connectivity index (χ4v) is 3.08. The molecule has 0 aliphatic heterocycles. The van der Waals surface area contributed by atoms with E-state index in [1.165, 1.54) is 0 Å². The number of hydrogen-bond donors (Lipinski definition) is 1. The van der Waals surface area contributed by atoms with Gasteiger partial charge in [-0.25, -0.2) is 0 Å². The zero-order valence-corrected chi connectivity index (χ0v) is 11.0. The van der Waals surface area contributed by atoms with Crippen molar-refractivity contribution in [1.82, 2.24) is 0 Å². The molecule has 2 heteroatoms. The van der Waals surface area contributed by atoms with Crippen molar-refractivity contribution in [2.45, 2.75) is 71.3 Å².